The van der Waals surface area contributed by atoms with Crippen LogP contribution in [-0.4, -0.2) is 0 Å². The maximum absolute atomic E-state index is 13.7. The second kappa shape index (κ2) is 4.26. The van der Waals surface area contributed by atoms with Gasteiger partial charge in [-0.2, -0.15) is 0 Å². The number of benzene rings is 2. The lowest BCUT2D eigenvalue weighted by Crippen LogP contribution is -2.01. The van der Waals surface area contributed by atoms with Crippen molar-refractivity contribution >= 4 is 16.5 Å². The molecule has 0 aliphatic heterocycles. The van der Waals surface area contributed by atoms with Gasteiger partial charge in [-0.25, -0.2) is 13.2 Å². The number of hydrogen-bond acceptors (Lipinski definition) is 1. The molecule has 0 heterocycles. The number of aryl methyl sites for hydroxylation is 1. The minimum Gasteiger partial charge on any atom is -0.399 e. The molecule has 0 spiro atoms. The number of rotatable bonds is 1. The smallest absolute Gasteiger partial charge is 0.196 e. The second-order valence-corrected chi connectivity index (χ2v) is 3.92. The third-order valence-corrected chi connectivity index (χ3v) is 2.86. The fourth-order valence-corrected chi connectivity index (χ4v) is 2.04. The average Bonchev–Trinajstić information content (AvgIpc) is 2.37. The van der Waals surface area contributed by atoms with E-state index in [0.717, 1.165) is 0 Å². The van der Waals surface area contributed by atoms with Gasteiger partial charge in [0, 0.05) is 16.5 Å². The van der Waals surface area contributed by atoms with Gasteiger partial charge in [0.05, 0.1) is 5.56 Å². The molecule has 0 amide bonds. The molecular formula is C14H10F3N. The van der Waals surface area contributed by atoms with Crippen LogP contribution >= 0.6 is 0 Å². The van der Waals surface area contributed by atoms with Crippen LogP contribution in [0.3, 0.4) is 0 Å². The van der Waals surface area contributed by atoms with Crippen LogP contribution in [0.2, 0.25) is 0 Å². The molecule has 1 nitrogen and oxygen atoms in total. The van der Waals surface area contributed by atoms with Gasteiger partial charge in [-0.3, -0.25) is 0 Å². The SMILES string of the molecule is C#Cc1c(F)c(F)c(F)c2cc(N)cc(CC)c12. The Morgan fingerprint density at radius 3 is 2.39 bits per heavy atom. The Morgan fingerprint density at radius 1 is 1.17 bits per heavy atom. The van der Waals surface area contributed by atoms with Crippen molar-refractivity contribution in [3.8, 4) is 12.3 Å². The molecule has 0 aliphatic rings. The topological polar surface area (TPSA) is 26.0 Å². The molecule has 0 aliphatic carbocycles. The Labute approximate surface area is 102 Å². The highest BCUT2D eigenvalue weighted by atomic mass is 19.2. The van der Waals surface area contributed by atoms with Gasteiger partial charge < -0.3 is 5.73 Å². The summed E-state index contributed by atoms with van der Waals surface area (Å²) in [5, 5.41) is 0.129. The molecule has 0 unspecified atom stereocenters. The van der Waals surface area contributed by atoms with E-state index < -0.39 is 17.5 Å². The van der Waals surface area contributed by atoms with Crippen molar-refractivity contribution in [3.05, 3.63) is 40.7 Å². The first-order chi connectivity index (χ1) is 8.51. The molecule has 2 rings (SSSR count). The van der Waals surface area contributed by atoms with Crippen molar-refractivity contribution in [2.75, 3.05) is 5.73 Å². The first-order valence-corrected chi connectivity index (χ1v) is 5.36. The predicted molar refractivity (Wildman–Crippen MR) is 65.5 cm³/mol. The summed E-state index contributed by atoms with van der Waals surface area (Å²) in [6.45, 7) is 1.80. The van der Waals surface area contributed by atoms with E-state index in [4.69, 9.17) is 12.2 Å². The van der Waals surface area contributed by atoms with Gasteiger partial charge in [0.15, 0.2) is 17.5 Å². The Bertz CT molecular complexity index is 684. The maximum Gasteiger partial charge on any atom is 0.196 e. The quantitative estimate of drug-likeness (QED) is 0.468. The van der Waals surface area contributed by atoms with Gasteiger partial charge in [-0.15, -0.1) is 6.42 Å². The zero-order valence-electron chi connectivity index (χ0n) is 9.65. The number of nitrogens with two attached hydrogens (primary N) is 1. The fraction of sp³-hybridized carbons (Fsp3) is 0.143. The molecule has 0 saturated heterocycles. The van der Waals surface area contributed by atoms with E-state index in [1.807, 2.05) is 0 Å². The average molecular weight is 249 g/mol. The number of fused-ring (bicyclic) bond motifs is 1. The summed E-state index contributed by atoms with van der Waals surface area (Å²) in [6, 6.07) is 2.84. The highest BCUT2D eigenvalue weighted by Crippen LogP contribution is 2.32. The van der Waals surface area contributed by atoms with Crippen molar-refractivity contribution in [1.29, 1.82) is 0 Å². The van der Waals surface area contributed by atoms with E-state index in [-0.39, 0.29) is 22.0 Å². The number of nitrogen functional groups attached to an aromatic ring is 1. The van der Waals surface area contributed by atoms with Crippen LogP contribution in [0.5, 0.6) is 0 Å². The van der Waals surface area contributed by atoms with E-state index in [1.54, 1.807) is 13.0 Å². The van der Waals surface area contributed by atoms with Crippen LogP contribution in [0, 0.1) is 29.8 Å². The highest BCUT2D eigenvalue weighted by molar-refractivity contribution is 5.94. The standard InChI is InChI=1S/C14H10F3N/c1-3-7-5-8(18)6-10-11(7)9(4-2)12(15)14(17)13(10)16/h2,5-6H,3,18H2,1H3. The zero-order valence-corrected chi connectivity index (χ0v) is 9.65. The van der Waals surface area contributed by atoms with Crippen molar-refractivity contribution < 1.29 is 13.2 Å². The lowest BCUT2D eigenvalue weighted by Gasteiger charge is -2.11. The van der Waals surface area contributed by atoms with E-state index in [1.165, 1.54) is 6.07 Å². The normalized spacial score (nSPS) is 10.6. The van der Waals surface area contributed by atoms with E-state index in [0.29, 0.717) is 12.0 Å². The summed E-state index contributed by atoms with van der Waals surface area (Å²) >= 11 is 0. The third-order valence-electron chi connectivity index (χ3n) is 2.86. The van der Waals surface area contributed by atoms with Gasteiger partial charge in [0.2, 0.25) is 0 Å². The lowest BCUT2D eigenvalue weighted by atomic mass is 9.96. The Morgan fingerprint density at radius 2 is 1.83 bits per heavy atom. The molecule has 92 valence electrons. The summed E-state index contributed by atoms with van der Waals surface area (Å²) in [5.74, 6) is -2.08. The van der Waals surface area contributed by atoms with Crippen molar-refractivity contribution in [1.82, 2.24) is 0 Å². The lowest BCUT2D eigenvalue weighted by molar-refractivity contribution is 0.452. The van der Waals surface area contributed by atoms with Crippen molar-refractivity contribution in [3.63, 3.8) is 0 Å². The molecule has 2 N–H and O–H groups in total. The molecule has 4 heteroatoms. The molecule has 0 saturated carbocycles. The summed E-state index contributed by atoms with van der Waals surface area (Å²) in [4.78, 5) is 0. The van der Waals surface area contributed by atoms with Crippen LogP contribution in [0.1, 0.15) is 18.1 Å². The van der Waals surface area contributed by atoms with E-state index >= 15 is 0 Å². The fourth-order valence-electron chi connectivity index (χ4n) is 2.04. The molecule has 0 atom stereocenters. The van der Waals surface area contributed by atoms with Crippen LogP contribution in [0.4, 0.5) is 18.9 Å². The summed E-state index contributed by atoms with van der Waals surface area (Å²) in [6.07, 6.45) is 5.67. The van der Waals surface area contributed by atoms with Crippen LogP contribution in [0.15, 0.2) is 12.1 Å². The molecular weight excluding hydrogens is 239 g/mol. The number of halogens is 3. The third kappa shape index (κ3) is 1.60. The molecule has 0 bridgehead atoms. The van der Waals surface area contributed by atoms with Gasteiger partial charge in [0.1, 0.15) is 0 Å². The van der Waals surface area contributed by atoms with Crippen molar-refractivity contribution in [2.24, 2.45) is 0 Å². The second-order valence-electron chi connectivity index (χ2n) is 3.92. The summed E-state index contributed by atoms with van der Waals surface area (Å²) < 4.78 is 40.7. The van der Waals surface area contributed by atoms with Gasteiger partial charge in [0.25, 0.3) is 0 Å². The van der Waals surface area contributed by atoms with Gasteiger partial charge in [-0.1, -0.05) is 12.8 Å². The molecule has 0 radical (unpaired) electrons. The molecule has 2 aromatic rings. The van der Waals surface area contributed by atoms with Crippen LogP contribution < -0.4 is 5.73 Å². The summed E-state index contributed by atoms with van der Waals surface area (Å²) in [7, 11) is 0. The Balaban J connectivity index is 3.11. The Kier molecular flexibility index (Phi) is 2.92. The van der Waals surface area contributed by atoms with Crippen LogP contribution in [0.25, 0.3) is 10.8 Å². The summed E-state index contributed by atoms with van der Waals surface area (Å²) in [5.41, 5.74) is 6.23. The number of anilines is 1. The van der Waals surface area contributed by atoms with E-state index in [2.05, 4.69) is 5.92 Å². The van der Waals surface area contributed by atoms with Gasteiger partial charge in [-0.05, 0) is 24.1 Å². The van der Waals surface area contributed by atoms with Gasteiger partial charge >= 0.3 is 0 Å². The monoisotopic (exact) mass is 249 g/mol. The number of terminal acetylenes is 1. The first kappa shape index (κ1) is 12.3. The first-order valence-electron chi connectivity index (χ1n) is 5.36. The maximum atomic E-state index is 13.7. The molecule has 18 heavy (non-hydrogen) atoms. The minimum atomic E-state index is -1.57. The predicted octanol–water partition coefficient (Wildman–Crippen LogP) is 3.38. The molecule has 0 fully saturated rings. The van der Waals surface area contributed by atoms with E-state index in [9.17, 15) is 13.2 Å². The van der Waals surface area contributed by atoms with Crippen molar-refractivity contribution in [2.45, 2.75) is 13.3 Å². The number of hydrogen-bond donors (Lipinski definition) is 1. The highest BCUT2D eigenvalue weighted by Gasteiger charge is 2.21. The zero-order chi connectivity index (χ0) is 13.4. The molecule has 2 aromatic carbocycles. The van der Waals surface area contributed by atoms with Crippen LogP contribution in [-0.2, 0) is 6.42 Å². The Hall–Kier alpha value is -2.15. The molecule has 0 aromatic heterocycles. The minimum absolute atomic E-state index is 0.0845. The largest absolute Gasteiger partial charge is 0.399 e.